The Bertz CT molecular complexity index is 518. The predicted octanol–water partition coefficient (Wildman–Crippen LogP) is 4.78. The van der Waals surface area contributed by atoms with Crippen LogP contribution in [-0.4, -0.2) is 23.4 Å². The number of carbonyl (C=O) groups excluding carboxylic acids is 1. The maximum atomic E-state index is 13.0. The Balaban J connectivity index is 1.76. The van der Waals surface area contributed by atoms with Crippen molar-refractivity contribution in [2.75, 3.05) is 6.54 Å². The third-order valence-electron chi connectivity index (χ3n) is 4.85. The fourth-order valence-corrected chi connectivity index (χ4v) is 3.99. The highest BCUT2D eigenvalue weighted by atomic mass is 127. The molecule has 0 saturated heterocycles. The van der Waals surface area contributed by atoms with Crippen LogP contribution >= 0.6 is 22.6 Å². The van der Waals surface area contributed by atoms with E-state index in [9.17, 15) is 4.79 Å². The molecule has 21 heavy (non-hydrogen) atoms. The summed E-state index contributed by atoms with van der Waals surface area (Å²) in [5, 5.41) is 0. The first-order valence-corrected chi connectivity index (χ1v) is 9.31. The van der Waals surface area contributed by atoms with Gasteiger partial charge in [-0.15, -0.1) is 0 Å². The molecule has 0 N–H and O–H groups in total. The van der Waals surface area contributed by atoms with Gasteiger partial charge in [-0.25, -0.2) is 0 Å². The molecule has 0 aromatic heterocycles. The summed E-state index contributed by atoms with van der Waals surface area (Å²) in [6.07, 6.45) is 9.08. The van der Waals surface area contributed by atoms with E-state index in [1.54, 1.807) is 0 Å². The lowest BCUT2D eigenvalue weighted by Gasteiger charge is -2.30. The monoisotopic (exact) mass is 397 g/mol. The molecular weight excluding hydrogens is 373 g/mol. The van der Waals surface area contributed by atoms with Gasteiger partial charge in [0.25, 0.3) is 5.91 Å². The van der Waals surface area contributed by atoms with Gasteiger partial charge >= 0.3 is 0 Å². The quantitative estimate of drug-likeness (QED) is 0.670. The Hall–Kier alpha value is -0.580. The summed E-state index contributed by atoms with van der Waals surface area (Å²) < 4.78 is 1.12. The average Bonchev–Trinajstić information content (AvgIpc) is 3.33. The molecule has 0 bridgehead atoms. The molecular formula is C18H24INO. The van der Waals surface area contributed by atoms with Crippen LogP contribution in [0.2, 0.25) is 0 Å². The number of carbonyl (C=O) groups is 1. The van der Waals surface area contributed by atoms with Crippen LogP contribution in [0.3, 0.4) is 0 Å². The topological polar surface area (TPSA) is 20.3 Å². The lowest BCUT2D eigenvalue weighted by Crippen LogP contribution is -2.38. The van der Waals surface area contributed by atoms with Gasteiger partial charge in [-0.05, 0) is 72.7 Å². The number of halogens is 1. The SMILES string of the molecule is Cc1cccc(C(=O)N(CC2CCCCC2)C2CC2)c1I. The van der Waals surface area contributed by atoms with Gasteiger partial charge in [-0.3, -0.25) is 4.79 Å². The first kappa shape index (κ1) is 15.3. The zero-order chi connectivity index (χ0) is 14.8. The number of hydrogen-bond acceptors (Lipinski definition) is 1. The van der Waals surface area contributed by atoms with Crippen molar-refractivity contribution in [1.29, 1.82) is 0 Å². The molecule has 0 spiro atoms. The molecule has 3 heteroatoms. The molecule has 3 rings (SSSR count). The Kier molecular flexibility index (Phi) is 4.87. The molecule has 114 valence electrons. The fraction of sp³-hybridized carbons (Fsp3) is 0.611. The first-order valence-electron chi connectivity index (χ1n) is 8.23. The van der Waals surface area contributed by atoms with Gasteiger partial charge < -0.3 is 4.90 Å². The third kappa shape index (κ3) is 3.61. The summed E-state index contributed by atoms with van der Waals surface area (Å²) in [7, 11) is 0. The molecule has 0 heterocycles. The standard InChI is InChI=1S/C18H24INO/c1-13-6-5-9-16(17(13)19)18(21)20(15-10-11-15)12-14-7-3-2-4-8-14/h5-6,9,14-15H,2-4,7-8,10-12H2,1H3. The molecule has 1 amide bonds. The van der Waals surface area contributed by atoms with Crippen LogP contribution in [0.15, 0.2) is 18.2 Å². The summed E-state index contributed by atoms with van der Waals surface area (Å²) in [5.41, 5.74) is 2.10. The maximum Gasteiger partial charge on any atom is 0.255 e. The van der Waals surface area contributed by atoms with E-state index in [1.165, 1.54) is 50.5 Å². The first-order chi connectivity index (χ1) is 10.2. The van der Waals surface area contributed by atoms with Crippen molar-refractivity contribution < 1.29 is 4.79 Å². The van der Waals surface area contributed by atoms with E-state index < -0.39 is 0 Å². The van der Waals surface area contributed by atoms with Gasteiger partial charge in [0.15, 0.2) is 0 Å². The maximum absolute atomic E-state index is 13.0. The van der Waals surface area contributed by atoms with Crippen molar-refractivity contribution in [1.82, 2.24) is 4.90 Å². The van der Waals surface area contributed by atoms with Crippen LogP contribution in [0, 0.1) is 16.4 Å². The zero-order valence-corrected chi connectivity index (χ0v) is 14.9. The smallest absolute Gasteiger partial charge is 0.255 e. The van der Waals surface area contributed by atoms with Gasteiger partial charge in [0.05, 0.1) is 5.56 Å². The van der Waals surface area contributed by atoms with E-state index >= 15 is 0 Å². The second-order valence-corrected chi connectivity index (χ2v) is 7.71. The predicted molar refractivity (Wildman–Crippen MR) is 94.5 cm³/mol. The van der Waals surface area contributed by atoms with E-state index in [0.29, 0.717) is 6.04 Å². The van der Waals surface area contributed by atoms with Crippen LogP contribution < -0.4 is 0 Å². The van der Waals surface area contributed by atoms with Gasteiger partial charge in [-0.1, -0.05) is 31.4 Å². The summed E-state index contributed by atoms with van der Waals surface area (Å²) in [5.74, 6) is 0.988. The van der Waals surface area contributed by atoms with E-state index in [2.05, 4.69) is 40.5 Å². The molecule has 0 aliphatic heterocycles. The Labute approximate surface area is 141 Å². The highest BCUT2D eigenvalue weighted by Crippen LogP contribution is 2.33. The molecule has 1 aromatic rings. The van der Waals surface area contributed by atoms with E-state index in [1.807, 2.05) is 12.1 Å². The average molecular weight is 397 g/mol. The molecule has 2 aliphatic rings. The number of hydrogen-bond donors (Lipinski definition) is 0. The normalized spacial score (nSPS) is 19.5. The lowest BCUT2D eigenvalue weighted by atomic mass is 9.88. The van der Waals surface area contributed by atoms with E-state index in [0.717, 1.165) is 21.6 Å². The molecule has 2 nitrogen and oxygen atoms in total. The molecule has 0 atom stereocenters. The second kappa shape index (κ2) is 6.67. The summed E-state index contributed by atoms with van der Waals surface area (Å²) in [6.45, 7) is 3.06. The Morgan fingerprint density at radius 3 is 2.57 bits per heavy atom. The molecule has 0 radical (unpaired) electrons. The van der Waals surface area contributed by atoms with Crippen molar-refractivity contribution in [3.8, 4) is 0 Å². The summed E-state index contributed by atoms with van der Waals surface area (Å²) in [6, 6.07) is 6.60. The van der Waals surface area contributed by atoms with Gasteiger partial charge in [0.1, 0.15) is 0 Å². The van der Waals surface area contributed by atoms with Crippen molar-refractivity contribution in [3.05, 3.63) is 32.9 Å². The van der Waals surface area contributed by atoms with Crippen molar-refractivity contribution >= 4 is 28.5 Å². The van der Waals surface area contributed by atoms with Crippen molar-refractivity contribution in [2.24, 2.45) is 5.92 Å². The minimum absolute atomic E-state index is 0.260. The zero-order valence-electron chi connectivity index (χ0n) is 12.8. The third-order valence-corrected chi connectivity index (χ3v) is 6.28. The molecule has 2 fully saturated rings. The molecule has 2 saturated carbocycles. The summed E-state index contributed by atoms with van der Waals surface area (Å²) in [4.78, 5) is 15.2. The van der Waals surface area contributed by atoms with Gasteiger partial charge in [0.2, 0.25) is 0 Å². The summed E-state index contributed by atoms with van der Waals surface area (Å²) >= 11 is 2.32. The largest absolute Gasteiger partial charge is 0.335 e. The second-order valence-electron chi connectivity index (χ2n) is 6.63. The fourth-order valence-electron chi connectivity index (χ4n) is 3.40. The lowest BCUT2D eigenvalue weighted by molar-refractivity contribution is 0.0697. The van der Waals surface area contributed by atoms with Crippen molar-refractivity contribution in [2.45, 2.75) is 57.9 Å². The van der Waals surface area contributed by atoms with Crippen molar-refractivity contribution in [3.63, 3.8) is 0 Å². The van der Waals surface area contributed by atoms with E-state index in [-0.39, 0.29) is 5.91 Å². The molecule has 1 aromatic carbocycles. The van der Waals surface area contributed by atoms with Crippen LogP contribution in [0.1, 0.15) is 60.9 Å². The Morgan fingerprint density at radius 1 is 1.19 bits per heavy atom. The molecule has 2 aliphatic carbocycles. The number of amides is 1. The number of rotatable bonds is 4. The van der Waals surface area contributed by atoms with Crippen LogP contribution in [0.5, 0.6) is 0 Å². The van der Waals surface area contributed by atoms with Crippen LogP contribution in [0.4, 0.5) is 0 Å². The molecule has 0 unspecified atom stereocenters. The van der Waals surface area contributed by atoms with Gasteiger partial charge in [0, 0.05) is 16.2 Å². The number of aryl methyl sites for hydroxylation is 1. The minimum Gasteiger partial charge on any atom is -0.335 e. The minimum atomic E-state index is 0.260. The highest BCUT2D eigenvalue weighted by Gasteiger charge is 2.35. The van der Waals surface area contributed by atoms with E-state index in [4.69, 9.17) is 0 Å². The number of benzene rings is 1. The van der Waals surface area contributed by atoms with Gasteiger partial charge in [-0.2, -0.15) is 0 Å². The van der Waals surface area contributed by atoms with Crippen LogP contribution in [-0.2, 0) is 0 Å². The Morgan fingerprint density at radius 2 is 1.90 bits per heavy atom. The number of nitrogens with zero attached hydrogens (tertiary/aromatic N) is 1. The highest BCUT2D eigenvalue weighted by molar-refractivity contribution is 14.1. The van der Waals surface area contributed by atoms with Crippen LogP contribution in [0.25, 0.3) is 0 Å².